The summed E-state index contributed by atoms with van der Waals surface area (Å²) >= 11 is 0. The van der Waals surface area contributed by atoms with E-state index in [4.69, 9.17) is 4.74 Å². The molecule has 2 aromatic rings. The van der Waals surface area contributed by atoms with Gasteiger partial charge in [-0.1, -0.05) is 0 Å². The number of ether oxygens (including phenoxy) is 1. The molecule has 2 heterocycles. The van der Waals surface area contributed by atoms with Gasteiger partial charge in [-0.2, -0.15) is 0 Å². The second-order valence-electron chi connectivity index (χ2n) is 6.45. The summed E-state index contributed by atoms with van der Waals surface area (Å²) < 4.78 is 7.12. The Kier molecular flexibility index (Phi) is 3.91. The van der Waals surface area contributed by atoms with Gasteiger partial charge in [0.05, 0.1) is 16.2 Å². The molecule has 0 unspecified atom stereocenters. The summed E-state index contributed by atoms with van der Waals surface area (Å²) in [6.07, 6.45) is 1.22. The molecular formula is C18H16N2O6. The van der Waals surface area contributed by atoms with E-state index in [0.717, 1.165) is 6.07 Å². The van der Waals surface area contributed by atoms with E-state index in [9.17, 15) is 24.8 Å². The van der Waals surface area contributed by atoms with E-state index in [-0.39, 0.29) is 11.3 Å². The standard InChI is InChI=1S/C18H16N2O6/c1-10-16(19-9-11(17(22)23)4-7-15(19)21)13-8-12(20(24)25)5-6-14(13)26-18(10,2)3/h4-9H,1-3H3,(H,22,23). The Balaban J connectivity index is 2.37. The lowest BCUT2D eigenvalue weighted by atomic mass is 9.90. The van der Waals surface area contributed by atoms with Gasteiger partial charge in [-0.3, -0.25) is 19.5 Å². The number of benzene rings is 1. The second-order valence-corrected chi connectivity index (χ2v) is 6.45. The maximum atomic E-state index is 12.4. The highest BCUT2D eigenvalue weighted by Crippen LogP contribution is 2.42. The van der Waals surface area contributed by atoms with Crippen LogP contribution in [0.25, 0.3) is 5.70 Å². The van der Waals surface area contributed by atoms with E-state index in [2.05, 4.69) is 0 Å². The first-order valence-corrected chi connectivity index (χ1v) is 7.77. The minimum absolute atomic E-state index is 0.0684. The minimum atomic E-state index is -1.18. The first-order chi connectivity index (χ1) is 12.1. The fraction of sp³-hybridized carbons (Fsp3) is 0.222. The number of fused-ring (bicyclic) bond motifs is 1. The van der Waals surface area contributed by atoms with Gasteiger partial charge in [0, 0.05) is 30.0 Å². The normalized spacial score (nSPS) is 15.2. The van der Waals surface area contributed by atoms with E-state index < -0.39 is 22.1 Å². The van der Waals surface area contributed by atoms with Gasteiger partial charge in [-0.15, -0.1) is 0 Å². The van der Waals surface area contributed by atoms with Gasteiger partial charge in [-0.05, 0) is 38.5 Å². The number of carbonyl (C=O) groups is 1. The number of hydrogen-bond donors (Lipinski definition) is 1. The molecule has 1 aliphatic rings. The third-order valence-electron chi connectivity index (χ3n) is 4.45. The van der Waals surface area contributed by atoms with Crippen LogP contribution in [0, 0.1) is 10.1 Å². The molecule has 134 valence electrons. The molecule has 0 amide bonds. The van der Waals surface area contributed by atoms with Crippen LogP contribution in [0.1, 0.15) is 36.7 Å². The molecule has 0 aliphatic carbocycles. The number of carboxylic acids is 1. The minimum Gasteiger partial charge on any atom is -0.483 e. The van der Waals surface area contributed by atoms with Crippen LogP contribution in [-0.2, 0) is 0 Å². The molecule has 0 saturated heterocycles. The Morgan fingerprint density at radius 1 is 1.27 bits per heavy atom. The summed E-state index contributed by atoms with van der Waals surface area (Å²) in [4.78, 5) is 34.4. The second kappa shape index (κ2) is 5.83. The number of pyridine rings is 1. The number of nitro benzene ring substituents is 1. The van der Waals surface area contributed by atoms with Crippen LogP contribution < -0.4 is 10.3 Å². The van der Waals surface area contributed by atoms with Crippen LogP contribution in [-0.4, -0.2) is 26.2 Å². The summed E-state index contributed by atoms with van der Waals surface area (Å²) in [7, 11) is 0. The van der Waals surface area contributed by atoms with Gasteiger partial charge in [0.25, 0.3) is 11.2 Å². The summed E-state index contributed by atoms with van der Waals surface area (Å²) in [6, 6.07) is 6.50. The quantitative estimate of drug-likeness (QED) is 0.668. The van der Waals surface area contributed by atoms with Crippen molar-refractivity contribution < 1.29 is 19.6 Å². The van der Waals surface area contributed by atoms with Gasteiger partial charge in [0.1, 0.15) is 11.4 Å². The first-order valence-electron chi connectivity index (χ1n) is 7.77. The fourth-order valence-corrected chi connectivity index (χ4v) is 2.84. The maximum absolute atomic E-state index is 12.4. The Hall–Kier alpha value is -3.42. The van der Waals surface area contributed by atoms with E-state index in [1.807, 2.05) is 0 Å². The summed E-state index contributed by atoms with van der Waals surface area (Å²) in [5.74, 6) is -0.795. The van der Waals surface area contributed by atoms with Crippen LogP contribution in [0.5, 0.6) is 5.75 Å². The summed E-state index contributed by atoms with van der Waals surface area (Å²) in [5, 5.41) is 20.4. The lowest BCUT2D eigenvalue weighted by Gasteiger charge is -2.35. The van der Waals surface area contributed by atoms with Crippen molar-refractivity contribution in [3.63, 3.8) is 0 Å². The van der Waals surface area contributed by atoms with Gasteiger partial charge < -0.3 is 9.84 Å². The highest BCUT2D eigenvalue weighted by Gasteiger charge is 2.34. The number of carboxylic acid groups (broad SMARTS) is 1. The Labute approximate surface area is 148 Å². The average molecular weight is 356 g/mol. The van der Waals surface area contributed by atoms with Crippen molar-refractivity contribution in [2.75, 3.05) is 0 Å². The predicted molar refractivity (Wildman–Crippen MR) is 93.5 cm³/mol. The molecule has 3 rings (SSSR count). The molecule has 8 nitrogen and oxygen atoms in total. The molecular weight excluding hydrogens is 340 g/mol. The molecule has 0 atom stereocenters. The molecule has 0 spiro atoms. The van der Waals surface area contributed by atoms with Crippen molar-refractivity contribution in [1.82, 2.24) is 4.57 Å². The fourth-order valence-electron chi connectivity index (χ4n) is 2.84. The summed E-state index contributed by atoms with van der Waals surface area (Å²) in [5.41, 5.74) is -0.0544. The van der Waals surface area contributed by atoms with Crippen molar-refractivity contribution in [3.8, 4) is 5.75 Å². The number of non-ortho nitro benzene ring substituents is 1. The molecule has 26 heavy (non-hydrogen) atoms. The number of rotatable bonds is 3. The molecule has 8 heteroatoms. The lowest BCUT2D eigenvalue weighted by molar-refractivity contribution is -0.384. The number of hydrogen-bond acceptors (Lipinski definition) is 5. The highest BCUT2D eigenvalue weighted by atomic mass is 16.6. The van der Waals surface area contributed by atoms with E-state index in [1.54, 1.807) is 20.8 Å². The Morgan fingerprint density at radius 2 is 1.96 bits per heavy atom. The number of nitro groups is 1. The van der Waals surface area contributed by atoms with Crippen LogP contribution >= 0.6 is 0 Å². The average Bonchev–Trinajstić information content (AvgIpc) is 2.56. The molecule has 1 aliphatic heterocycles. The zero-order valence-electron chi connectivity index (χ0n) is 14.3. The largest absolute Gasteiger partial charge is 0.483 e. The lowest BCUT2D eigenvalue weighted by Crippen LogP contribution is -2.36. The molecule has 1 N–H and O–H groups in total. The van der Waals surface area contributed by atoms with E-state index in [0.29, 0.717) is 22.6 Å². The molecule has 0 bridgehead atoms. The van der Waals surface area contributed by atoms with Crippen LogP contribution in [0.4, 0.5) is 5.69 Å². The monoisotopic (exact) mass is 356 g/mol. The molecule has 0 fully saturated rings. The van der Waals surface area contributed by atoms with Gasteiger partial charge >= 0.3 is 5.97 Å². The SMILES string of the molecule is CC1=C(n2cc(C(=O)O)ccc2=O)c2cc([N+](=O)[O-])ccc2OC1(C)C. The molecule has 0 saturated carbocycles. The molecule has 1 aromatic heterocycles. The number of aromatic nitrogens is 1. The third-order valence-corrected chi connectivity index (χ3v) is 4.45. The highest BCUT2D eigenvalue weighted by molar-refractivity contribution is 5.88. The topological polar surface area (TPSA) is 112 Å². The zero-order valence-corrected chi connectivity index (χ0v) is 14.3. The van der Waals surface area contributed by atoms with E-state index >= 15 is 0 Å². The Bertz CT molecular complexity index is 1030. The van der Waals surface area contributed by atoms with Crippen molar-refractivity contribution in [2.24, 2.45) is 0 Å². The van der Waals surface area contributed by atoms with Crippen molar-refractivity contribution in [1.29, 1.82) is 0 Å². The zero-order chi connectivity index (χ0) is 19.2. The Morgan fingerprint density at radius 3 is 2.58 bits per heavy atom. The third kappa shape index (κ3) is 2.75. The smallest absolute Gasteiger partial charge is 0.337 e. The predicted octanol–water partition coefficient (Wildman–Crippen LogP) is 2.91. The number of aromatic carboxylic acids is 1. The first kappa shape index (κ1) is 17.4. The van der Waals surface area contributed by atoms with Gasteiger partial charge in [0.2, 0.25) is 0 Å². The maximum Gasteiger partial charge on any atom is 0.337 e. The van der Waals surface area contributed by atoms with Crippen molar-refractivity contribution in [3.05, 3.63) is 73.7 Å². The van der Waals surface area contributed by atoms with Crippen molar-refractivity contribution in [2.45, 2.75) is 26.4 Å². The van der Waals surface area contributed by atoms with E-state index in [1.165, 1.54) is 35.0 Å². The van der Waals surface area contributed by atoms with Crippen molar-refractivity contribution >= 4 is 17.4 Å². The van der Waals surface area contributed by atoms with Crippen LogP contribution in [0.2, 0.25) is 0 Å². The van der Waals surface area contributed by atoms with Crippen LogP contribution in [0.3, 0.4) is 0 Å². The van der Waals surface area contributed by atoms with Gasteiger partial charge in [0.15, 0.2) is 0 Å². The molecule has 0 radical (unpaired) electrons. The summed E-state index contributed by atoms with van der Waals surface area (Å²) in [6.45, 7) is 5.36. The molecule has 1 aromatic carbocycles. The van der Waals surface area contributed by atoms with Gasteiger partial charge in [-0.25, -0.2) is 4.79 Å². The number of nitrogens with zero attached hydrogens (tertiary/aromatic N) is 2. The van der Waals surface area contributed by atoms with Crippen LogP contribution in [0.15, 0.2) is 46.9 Å².